The summed E-state index contributed by atoms with van der Waals surface area (Å²) in [6, 6.07) is 0. The van der Waals surface area contributed by atoms with Crippen LogP contribution in [-0.4, -0.2) is 410 Å². The first-order valence-corrected chi connectivity index (χ1v) is 44.3. The molecule has 0 aromatic rings. The topological polar surface area (TPSA) is 462 Å². The Morgan fingerprint density at radius 3 is 0.702 bits per heavy atom. The smallest absolute Gasteiger partial charge is 0.333 e. The quantitative estimate of drug-likeness (QED) is 0.0132. The molecule has 0 aliphatic rings. The van der Waals surface area contributed by atoms with E-state index < -0.39 is 11.9 Å². The summed E-state index contributed by atoms with van der Waals surface area (Å²) in [5.41, 5.74) is 53.1. The van der Waals surface area contributed by atoms with Gasteiger partial charge in [0.15, 0.2) is 0 Å². The molecule has 0 amide bonds. The Morgan fingerprint density at radius 2 is 0.447 bits per heavy atom. The first-order valence-electron chi connectivity index (χ1n) is 44.3. The zero-order valence-corrected chi connectivity index (χ0v) is 73.0. The molecule has 26 N–H and O–H groups in total. The molecule has 0 aliphatic heterocycles. The summed E-state index contributed by atoms with van der Waals surface area (Å²) in [7, 11) is 0. The Kier molecular flexibility index (Phi) is 87.4. The van der Waals surface area contributed by atoms with Gasteiger partial charge in [-0.15, -0.1) is 0 Å². The normalized spacial score (nSPS) is 11.8. The van der Waals surface area contributed by atoms with Crippen LogP contribution in [0.15, 0.2) is 24.3 Å². The predicted octanol–water partition coefficient (Wildman–Crippen LogP) is -2.29. The highest BCUT2D eigenvalue weighted by Gasteiger charge is 2.17. The van der Waals surface area contributed by atoms with Crippen LogP contribution in [0.5, 0.6) is 0 Å². The molecule has 0 rings (SSSR count). The van der Waals surface area contributed by atoms with Crippen LogP contribution in [0.25, 0.3) is 0 Å². The standard InChI is InChI=1S/C46H100N12O4.C35H79N13O4/c1-4-5-6-7-8-9-10-11-12-13-15-22-51-26-34-58(35-27-53-24-18-47)40-38-55(37-39-56(30-19-48)31-20-49)29-17-14-16-23-52-25-33-57(32-21-50)36-28-54-43-45(59)61-41-42-62-46(60)44(2)3;1-33(2)35(50)52-31-30-51-34(49)32-44-17-25-47(21-10-40)22-14-41-11-4-3-5-18-45(26-28-46(19-8-38)20-9-39)27-29-48(23-15-42-12-6-36)24-16-43-13-7-37/h51-54H,2,4-43,47-50H2,1,3H3;41-44H,1,3-32,36-40H2,2H3. The van der Waals surface area contributed by atoms with Crippen LogP contribution in [0.3, 0.4) is 0 Å². The van der Waals surface area contributed by atoms with E-state index in [-0.39, 0.29) is 51.5 Å². The van der Waals surface area contributed by atoms with Crippen molar-refractivity contribution in [3.63, 3.8) is 0 Å². The number of hydrogen-bond donors (Lipinski definition) is 17. The van der Waals surface area contributed by atoms with E-state index in [1.807, 2.05) is 0 Å². The van der Waals surface area contributed by atoms with Crippen LogP contribution < -0.4 is 94.1 Å². The first-order chi connectivity index (χ1) is 55.6. The minimum absolute atomic E-state index is 0.0136. The fourth-order valence-electron chi connectivity index (χ4n) is 12.6. The lowest BCUT2D eigenvalue weighted by atomic mass is 10.1. The second kappa shape index (κ2) is 88.6. The highest BCUT2D eigenvalue weighted by molar-refractivity contribution is 5.87. The van der Waals surface area contributed by atoms with E-state index in [2.05, 4.69) is 102 Å². The Balaban J connectivity index is 0. The Labute approximate surface area is 693 Å². The molecule has 0 unspecified atom stereocenters. The van der Waals surface area contributed by atoms with Crippen LogP contribution in [0.4, 0.5) is 0 Å². The maximum Gasteiger partial charge on any atom is 0.333 e. The van der Waals surface area contributed by atoms with Gasteiger partial charge in [-0.1, -0.05) is 97.1 Å². The van der Waals surface area contributed by atoms with Gasteiger partial charge in [-0.05, 0) is 78.7 Å². The van der Waals surface area contributed by atoms with E-state index >= 15 is 0 Å². The van der Waals surface area contributed by atoms with E-state index in [4.69, 9.17) is 70.6 Å². The van der Waals surface area contributed by atoms with Gasteiger partial charge in [-0.2, -0.15) is 0 Å². The average Bonchev–Trinajstić information content (AvgIpc) is 0.947. The number of nitrogens with one attached hydrogen (secondary N) is 8. The lowest BCUT2D eigenvalue weighted by Gasteiger charge is -2.30. The van der Waals surface area contributed by atoms with Crippen molar-refractivity contribution in [1.29, 1.82) is 0 Å². The molecule has 0 saturated carbocycles. The number of ether oxygens (including phenoxy) is 4. The molecule has 0 bridgehead atoms. The van der Waals surface area contributed by atoms with E-state index in [1.165, 1.54) is 83.5 Å². The Bertz CT molecular complexity index is 2110. The van der Waals surface area contributed by atoms with Gasteiger partial charge in [0.05, 0.1) is 13.1 Å². The van der Waals surface area contributed by atoms with Gasteiger partial charge in [-0.3, -0.25) is 39.0 Å². The molecule has 0 heterocycles. The van der Waals surface area contributed by atoms with Crippen molar-refractivity contribution in [3.05, 3.63) is 24.3 Å². The Hall–Kier alpha value is -3.64. The first kappa shape index (κ1) is 112. The van der Waals surface area contributed by atoms with Crippen LogP contribution in [0.1, 0.15) is 130 Å². The third-order valence-corrected chi connectivity index (χ3v) is 19.4. The zero-order valence-electron chi connectivity index (χ0n) is 73.0. The predicted molar refractivity (Wildman–Crippen MR) is 474 cm³/mol. The van der Waals surface area contributed by atoms with Crippen molar-refractivity contribution in [2.24, 2.45) is 51.6 Å². The van der Waals surface area contributed by atoms with Gasteiger partial charge in [0.25, 0.3) is 0 Å². The third-order valence-electron chi connectivity index (χ3n) is 19.4. The third kappa shape index (κ3) is 78.2. The maximum atomic E-state index is 12.0. The summed E-state index contributed by atoms with van der Waals surface area (Å²) in [5, 5.41) is 27.5. The molecule has 33 heteroatoms. The van der Waals surface area contributed by atoms with Crippen molar-refractivity contribution in [2.45, 2.75) is 130 Å². The number of rotatable bonds is 90. The molecular weight excluding hydrogens is 1450 g/mol. The number of carbonyl (C=O) groups excluding carboxylic acids is 4. The van der Waals surface area contributed by atoms with E-state index in [9.17, 15) is 19.2 Å². The largest absolute Gasteiger partial charge is 0.461 e. The van der Waals surface area contributed by atoms with Crippen LogP contribution in [0.2, 0.25) is 0 Å². The van der Waals surface area contributed by atoms with E-state index in [0.717, 1.165) is 261 Å². The van der Waals surface area contributed by atoms with Crippen molar-refractivity contribution < 1.29 is 38.1 Å². The summed E-state index contributed by atoms with van der Waals surface area (Å²) < 4.78 is 20.0. The summed E-state index contributed by atoms with van der Waals surface area (Å²) in [5.74, 6) is -1.75. The van der Waals surface area contributed by atoms with Crippen molar-refractivity contribution in [3.8, 4) is 0 Å². The molecule has 0 spiro atoms. The Morgan fingerprint density at radius 1 is 0.237 bits per heavy atom. The van der Waals surface area contributed by atoms with Crippen LogP contribution in [-0.2, 0) is 38.1 Å². The minimum Gasteiger partial charge on any atom is -0.461 e. The van der Waals surface area contributed by atoms with Crippen LogP contribution >= 0.6 is 0 Å². The highest BCUT2D eigenvalue weighted by atomic mass is 16.6. The molecule has 0 atom stereocenters. The summed E-state index contributed by atoms with van der Waals surface area (Å²) in [6.07, 6.45) is 22.1. The molecule has 114 heavy (non-hydrogen) atoms. The average molecular weight is 1630 g/mol. The monoisotopic (exact) mass is 1630 g/mol. The van der Waals surface area contributed by atoms with Gasteiger partial charge in [0.2, 0.25) is 0 Å². The zero-order chi connectivity index (χ0) is 84.1. The molecule has 33 nitrogen and oxygen atoms in total. The number of hydrogen-bond acceptors (Lipinski definition) is 33. The molecule has 676 valence electrons. The maximum absolute atomic E-state index is 12.0. The van der Waals surface area contributed by atoms with E-state index in [1.54, 1.807) is 13.8 Å². The van der Waals surface area contributed by atoms with Crippen molar-refractivity contribution >= 4 is 23.9 Å². The molecular formula is C81H179N25O8. The molecule has 0 radical (unpaired) electrons. The summed E-state index contributed by atoms with van der Waals surface area (Å²) >= 11 is 0. The SMILES string of the molecule is C=C(C)C(=O)OCCOC(=O)CNCCN(CCN)CCNCCCCCN(CCN(CCN)CCN)CCN(CCNCCN)CCNCCCCCCCCCCCCC.C=C(C)C(=O)OCCOC(=O)CNCCN(CCN)CCNCCCCCN(CCN(CCN)CCN)CCN(CCNCCN)CCNCCN. The number of nitrogens with two attached hydrogens (primary N) is 9. The fourth-order valence-corrected chi connectivity index (χ4v) is 12.6. The molecule has 0 aliphatic carbocycles. The second-order valence-corrected chi connectivity index (χ2v) is 29.6. The van der Waals surface area contributed by atoms with Crippen molar-refractivity contribution in [1.82, 2.24) is 81.7 Å². The van der Waals surface area contributed by atoms with E-state index in [0.29, 0.717) is 83.1 Å². The summed E-state index contributed by atoms with van der Waals surface area (Å²) in [6.45, 7) is 53.7. The van der Waals surface area contributed by atoms with Gasteiger partial charge >= 0.3 is 23.9 Å². The van der Waals surface area contributed by atoms with Crippen molar-refractivity contribution in [2.75, 3.05) is 347 Å². The number of unbranched alkanes of at least 4 members (excludes halogenated alkanes) is 14. The van der Waals surface area contributed by atoms with Gasteiger partial charge in [0, 0.05) is 286 Å². The number of carbonyl (C=O) groups is 4. The fraction of sp³-hybridized carbons (Fsp3) is 0.901. The lowest BCUT2D eigenvalue weighted by Crippen LogP contribution is -2.45. The molecule has 0 saturated heterocycles. The highest BCUT2D eigenvalue weighted by Crippen LogP contribution is 2.12. The van der Waals surface area contributed by atoms with Gasteiger partial charge in [0.1, 0.15) is 26.4 Å². The van der Waals surface area contributed by atoms with Gasteiger partial charge < -0.3 is 123 Å². The minimum atomic E-state index is -0.493. The van der Waals surface area contributed by atoms with Gasteiger partial charge in [-0.25, -0.2) is 9.59 Å². The molecule has 0 fully saturated rings. The van der Waals surface area contributed by atoms with Crippen LogP contribution in [0, 0.1) is 0 Å². The molecule has 0 aromatic heterocycles. The lowest BCUT2D eigenvalue weighted by molar-refractivity contribution is -0.149. The summed E-state index contributed by atoms with van der Waals surface area (Å²) in [4.78, 5) is 66.4. The second-order valence-electron chi connectivity index (χ2n) is 29.6. The number of esters is 4. The molecule has 0 aromatic carbocycles. The number of nitrogens with zero attached hydrogens (tertiary/aromatic N) is 8.